The summed E-state index contributed by atoms with van der Waals surface area (Å²) in [5.41, 5.74) is 2.70. The zero-order valence-corrected chi connectivity index (χ0v) is 10.9. The van der Waals surface area contributed by atoms with Crippen LogP contribution in [0.2, 0.25) is 0 Å². The Balaban J connectivity index is 2.00. The molecule has 17 heavy (non-hydrogen) atoms. The minimum absolute atomic E-state index is 0.696. The van der Waals surface area contributed by atoms with Crippen LogP contribution in [-0.4, -0.2) is 24.6 Å². The molecular formula is C14H23N3. The maximum atomic E-state index is 4.25. The van der Waals surface area contributed by atoms with Gasteiger partial charge >= 0.3 is 0 Å². The minimum atomic E-state index is 0.696. The van der Waals surface area contributed by atoms with E-state index in [9.17, 15) is 0 Å². The van der Waals surface area contributed by atoms with Gasteiger partial charge in [-0.1, -0.05) is 13.8 Å². The van der Waals surface area contributed by atoms with Crippen molar-refractivity contribution in [1.82, 2.24) is 10.3 Å². The second-order valence-electron chi connectivity index (χ2n) is 5.22. The van der Waals surface area contributed by atoms with Gasteiger partial charge in [0.2, 0.25) is 0 Å². The van der Waals surface area contributed by atoms with E-state index in [1.165, 1.54) is 37.2 Å². The van der Waals surface area contributed by atoms with Gasteiger partial charge in [0.25, 0.3) is 0 Å². The lowest BCUT2D eigenvalue weighted by atomic mass is 10.2. The van der Waals surface area contributed by atoms with Crippen molar-refractivity contribution >= 4 is 5.69 Å². The Morgan fingerprint density at radius 1 is 1.35 bits per heavy atom. The number of anilines is 1. The second kappa shape index (κ2) is 6.01. The van der Waals surface area contributed by atoms with Crippen LogP contribution in [0.4, 0.5) is 5.69 Å². The van der Waals surface area contributed by atoms with Crippen LogP contribution in [0.15, 0.2) is 18.5 Å². The monoisotopic (exact) mass is 233 g/mol. The van der Waals surface area contributed by atoms with Crippen molar-refractivity contribution in [2.24, 2.45) is 5.92 Å². The van der Waals surface area contributed by atoms with E-state index in [0.29, 0.717) is 5.92 Å². The van der Waals surface area contributed by atoms with Crippen LogP contribution in [0.5, 0.6) is 0 Å². The fourth-order valence-corrected chi connectivity index (χ4v) is 2.32. The lowest BCUT2D eigenvalue weighted by Crippen LogP contribution is -2.23. The number of hydrogen-bond acceptors (Lipinski definition) is 3. The molecule has 0 bridgehead atoms. The zero-order valence-electron chi connectivity index (χ0n) is 10.9. The fourth-order valence-electron chi connectivity index (χ4n) is 2.32. The van der Waals surface area contributed by atoms with Crippen LogP contribution >= 0.6 is 0 Å². The molecule has 1 fully saturated rings. The first-order chi connectivity index (χ1) is 8.27. The smallest absolute Gasteiger partial charge is 0.0442 e. The van der Waals surface area contributed by atoms with Gasteiger partial charge < -0.3 is 10.2 Å². The van der Waals surface area contributed by atoms with Crippen LogP contribution in [0.1, 0.15) is 32.3 Å². The summed E-state index contributed by atoms with van der Waals surface area (Å²) in [6.45, 7) is 8.85. The quantitative estimate of drug-likeness (QED) is 0.846. The first kappa shape index (κ1) is 12.4. The van der Waals surface area contributed by atoms with E-state index in [1.54, 1.807) is 0 Å². The highest BCUT2D eigenvalue weighted by atomic mass is 15.1. The third-order valence-corrected chi connectivity index (χ3v) is 3.19. The van der Waals surface area contributed by atoms with E-state index in [4.69, 9.17) is 0 Å². The van der Waals surface area contributed by atoms with E-state index in [0.717, 1.165) is 13.1 Å². The average molecular weight is 233 g/mol. The van der Waals surface area contributed by atoms with Gasteiger partial charge in [0, 0.05) is 43.3 Å². The Labute approximate surface area is 104 Å². The van der Waals surface area contributed by atoms with Crippen molar-refractivity contribution in [3.05, 3.63) is 24.0 Å². The molecule has 0 amide bonds. The van der Waals surface area contributed by atoms with Crippen LogP contribution in [0.25, 0.3) is 0 Å². The lowest BCUT2D eigenvalue weighted by molar-refractivity contribution is 0.551. The molecule has 0 radical (unpaired) electrons. The average Bonchev–Trinajstić information content (AvgIpc) is 2.82. The van der Waals surface area contributed by atoms with Gasteiger partial charge in [-0.05, 0) is 31.4 Å². The maximum absolute atomic E-state index is 4.25. The van der Waals surface area contributed by atoms with Crippen LogP contribution in [0, 0.1) is 5.92 Å². The molecule has 0 aromatic carbocycles. The lowest BCUT2D eigenvalue weighted by Gasteiger charge is -2.21. The Morgan fingerprint density at radius 2 is 2.12 bits per heavy atom. The van der Waals surface area contributed by atoms with Crippen molar-refractivity contribution in [2.75, 3.05) is 24.5 Å². The number of nitrogens with one attached hydrogen (secondary N) is 1. The summed E-state index contributed by atoms with van der Waals surface area (Å²) in [5.74, 6) is 0.696. The molecule has 1 aromatic rings. The first-order valence-corrected chi connectivity index (χ1v) is 6.66. The van der Waals surface area contributed by atoms with Gasteiger partial charge in [0.05, 0.1) is 0 Å². The van der Waals surface area contributed by atoms with Crippen molar-refractivity contribution < 1.29 is 0 Å². The summed E-state index contributed by atoms with van der Waals surface area (Å²) in [6, 6.07) is 2.15. The second-order valence-corrected chi connectivity index (χ2v) is 5.22. The first-order valence-electron chi connectivity index (χ1n) is 6.66. The molecule has 1 aliphatic rings. The molecule has 2 rings (SSSR count). The molecule has 0 saturated carbocycles. The highest BCUT2D eigenvalue weighted by Gasteiger charge is 2.15. The maximum Gasteiger partial charge on any atom is 0.0442 e. The standard InChI is InChI=1S/C14H23N3/c1-12(2)9-16-11-13-10-15-6-5-14(13)17-7-3-4-8-17/h5-6,10,12,16H,3-4,7-9,11H2,1-2H3. The van der Waals surface area contributed by atoms with Gasteiger partial charge in [-0.25, -0.2) is 0 Å². The molecule has 3 heteroatoms. The number of aromatic nitrogens is 1. The molecule has 0 atom stereocenters. The Hall–Kier alpha value is -1.09. The topological polar surface area (TPSA) is 28.2 Å². The predicted octanol–water partition coefficient (Wildman–Crippen LogP) is 2.43. The molecule has 1 aliphatic heterocycles. The van der Waals surface area contributed by atoms with Crippen LogP contribution in [-0.2, 0) is 6.54 Å². The molecule has 0 unspecified atom stereocenters. The normalized spacial score (nSPS) is 15.8. The number of nitrogens with zero attached hydrogens (tertiary/aromatic N) is 2. The van der Waals surface area contributed by atoms with E-state index < -0.39 is 0 Å². The summed E-state index contributed by atoms with van der Waals surface area (Å²) in [6.07, 6.45) is 6.54. The largest absolute Gasteiger partial charge is 0.371 e. The Bertz CT molecular complexity index is 343. The summed E-state index contributed by atoms with van der Waals surface area (Å²) in [5, 5.41) is 3.50. The van der Waals surface area contributed by atoms with Crippen molar-refractivity contribution in [1.29, 1.82) is 0 Å². The number of rotatable bonds is 5. The van der Waals surface area contributed by atoms with E-state index in [2.05, 4.69) is 35.1 Å². The van der Waals surface area contributed by atoms with Gasteiger partial charge in [-0.15, -0.1) is 0 Å². The fraction of sp³-hybridized carbons (Fsp3) is 0.643. The summed E-state index contributed by atoms with van der Waals surface area (Å²) in [7, 11) is 0. The SMILES string of the molecule is CC(C)CNCc1cnccc1N1CCCC1. The molecule has 1 saturated heterocycles. The summed E-state index contributed by atoms with van der Waals surface area (Å²) < 4.78 is 0. The van der Waals surface area contributed by atoms with E-state index in [1.807, 2.05) is 12.4 Å². The molecule has 0 spiro atoms. The van der Waals surface area contributed by atoms with Gasteiger partial charge in [-0.3, -0.25) is 4.98 Å². The molecule has 94 valence electrons. The Kier molecular flexibility index (Phi) is 4.37. The molecule has 0 aliphatic carbocycles. The van der Waals surface area contributed by atoms with Crippen molar-refractivity contribution in [2.45, 2.75) is 33.2 Å². The third-order valence-electron chi connectivity index (χ3n) is 3.19. The van der Waals surface area contributed by atoms with E-state index >= 15 is 0 Å². The molecule has 2 heterocycles. The zero-order chi connectivity index (χ0) is 12.1. The van der Waals surface area contributed by atoms with E-state index in [-0.39, 0.29) is 0 Å². The predicted molar refractivity (Wildman–Crippen MR) is 72.2 cm³/mol. The molecule has 1 N–H and O–H groups in total. The highest BCUT2D eigenvalue weighted by molar-refractivity contribution is 5.52. The van der Waals surface area contributed by atoms with Gasteiger partial charge in [-0.2, -0.15) is 0 Å². The number of hydrogen-bond donors (Lipinski definition) is 1. The Morgan fingerprint density at radius 3 is 2.82 bits per heavy atom. The van der Waals surface area contributed by atoms with Crippen molar-refractivity contribution in [3.8, 4) is 0 Å². The van der Waals surface area contributed by atoms with Crippen molar-refractivity contribution in [3.63, 3.8) is 0 Å². The molecular weight excluding hydrogens is 210 g/mol. The van der Waals surface area contributed by atoms with Gasteiger partial charge in [0.15, 0.2) is 0 Å². The molecule has 3 nitrogen and oxygen atoms in total. The number of pyridine rings is 1. The van der Waals surface area contributed by atoms with Gasteiger partial charge in [0.1, 0.15) is 0 Å². The van der Waals surface area contributed by atoms with Crippen LogP contribution < -0.4 is 10.2 Å². The highest BCUT2D eigenvalue weighted by Crippen LogP contribution is 2.23. The van der Waals surface area contributed by atoms with Crippen LogP contribution in [0.3, 0.4) is 0 Å². The summed E-state index contributed by atoms with van der Waals surface area (Å²) in [4.78, 5) is 6.73. The minimum Gasteiger partial charge on any atom is -0.371 e. The third kappa shape index (κ3) is 3.43. The molecule has 1 aromatic heterocycles. The summed E-state index contributed by atoms with van der Waals surface area (Å²) >= 11 is 0.